The van der Waals surface area contributed by atoms with Gasteiger partial charge in [-0.25, -0.2) is 19.1 Å². The van der Waals surface area contributed by atoms with Gasteiger partial charge in [-0.3, -0.25) is 9.69 Å². The average Bonchev–Trinajstić information content (AvgIpc) is 2.80. The summed E-state index contributed by atoms with van der Waals surface area (Å²) in [5.41, 5.74) is 1.31. The molecule has 4 rings (SSSR count). The number of urea groups is 1. The van der Waals surface area contributed by atoms with E-state index in [0.29, 0.717) is 5.69 Å². The van der Waals surface area contributed by atoms with Crippen molar-refractivity contribution in [2.75, 3.05) is 9.80 Å². The summed E-state index contributed by atoms with van der Waals surface area (Å²) in [7, 11) is 0. The van der Waals surface area contributed by atoms with Crippen LogP contribution in [-0.2, 0) is 4.79 Å². The summed E-state index contributed by atoms with van der Waals surface area (Å²) in [6, 6.07) is 11.6. The largest absolute Gasteiger partial charge is 0.337 e. The number of rotatable bonds is 1. The molecule has 0 aliphatic carbocycles. The summed E-state index contributed by atoms with van der Waals surface area (Å²) < 4.78 is 14.0. The van der Waals surface area contributed by atoms with E-state index in [1.54, 1.807) is 24.4 Å². The Labute approximate surface area is 125 Å². The topological polar surface area (TPSA) is 54.6 Å². The lowest BCUT2D eigenvalue weighted by atomic mass is 10.1. The zero-order chi connectivity index (χ0) is 15.3. The Morgan fingerprint density at radius 3 is 2.41 bits per heavy atom. The first kappa shape index (κ1) is 12.7. The summed E-state index contributed by atoms with van der Waals surface area (Å²) in [6.45, 7) is 0. The molecule has 2 aliphatic heterocycles. The molecule has 22 heavy (non-hydrogen) atoms. The predicted molar refractivity (Wildman–Crippen MR) is 78.7 cm³/mol. The van der Waals surface area contributed by atoms with Gasteiger partial charge in [-0.2, -0.15) is 0 Å². The molecule has 5 nitrogen and oxygen atoms in total. The molecule has 2 aromatic carbocycles. The van der Waals surface area contributed by atoms with Crippen molar-refractivity contribution < 1.29 is 19.0 Å². The van der Waals surface area contributed by atoms with Crippen LogP contribution in [0.15, 0.2) is 48.5 Å². The standard InChI is InChI=1S/C16H10FN3O2/c17-10-5-1-3-7-12(10)20-15(21)14-9-18-11-6-2-4-8-13(11)19(14)16(20)22/h1-9,14H/p+1. The number of hydrogen-bond donors (Lipinski definition) is 1. The number of carbonyl (C=O) groups excluding carboxylic acids is 2. The third-order valence-electron chi connectivity index (χ3n) is 3.80. The SMILES string of the molecule is O=C1C2C=[NH+]c3ccccc3N2C(=O)N1c1ccccc1F. The molecule has 3 amide bonds. The van der Waals surface area contributed by atoms with Gasteiger partial charge in [0.2, 0.25) is 5.69 Å². The van der Waals surface area contributed by atoms with Crippen molar-refractivity contribution in [2.45, 2.75) is 6.04 Å². The zero-order valence-electron chi connectivity index (χ0n) is 11.4. The summed E-state index contributed by atoms with van der Waals surface area (Å²) >= 11 is 0. The maximum absolute atomic E-state index is 14.0. The van der Waals surface area contributed by atoms with Crippen LogP contribution < -0.4 is 14.8 Å². The third-order valence-corrected chi connectivity index (χ3v) is 3.80. The van der Waals surface area contributed by atoms with E-state index in [9.17, 15) is 14.0 Å². The molecule has 0 saturated carbocycles. The Kier molecular flexibility index (Phi) is 2.59. The van der Waals surface area contributed by atoms with Crippen molar-refractivity contribution in [3.8, 4) is 0 Å². The number of nitrogens with one attached hydrogen (secondary N) is 1. The number of nitrogens with zero attached hydrogens (tertiary/aromatic N) is 2. The van der Waals surface area contributed by atoms with E-state index in [1.165, 1.54) is 23.1 Å². The normalized spacial score (nSPS) is 19.4. The van der Waals surface area contributed by atoms with Crippen molar-refractivity contribution >= 4 is 35.2 Å². The highest BCUT2D eigenvalue weighted by atomic mass is 19.1. The van der Waals surface area contributed by atoms with Crippen LogP contribution in [0.1, 0.15) is 0 Å². The summed E-state index contributed by atoms with van der Waals surface area (Å²) in [4.78, 5) is 30.5. The average molecular weight is 296 g/mol. The summed E-state index contributed by atoms with van der Waals surface area (Å²) in [6.07, 6.45) is 1.55. The van der Waals surface area contributed by atoms with Crippen molar-refractivity contribution in [1.29, 1.82) is 0 Å². The monoisotopic (exact) mass is 296 g/mol. The molecule has 2 aromatic rings. The number of hydrogen-bond acceptors (Lipinski definition) is 2. The highest BCUT2D eigenvalue weighted by Gasteiger charge is 2.50. The first-order valence-corrected chi connectivity index (χ1v) is 6.79. The molecule has 0 spiro atoms. The zero-order valence-corrected chi connectivity index (χ0v) is 11.4. The van der Waals surface area contributed by atoms with E-state index >= 15 is 0 Å². The molecule has 0 radical (unpaired) electrons. The Bertz CT molecular complexity index is 834. The molecule has 0 aromatic heterocycles. The lowest BCUT2D eigenvalue weighted by Crippen LogP contribution is -2.69. The first-order valence-electron chi connectivity index (χ1n) is 6.79. The van der Waals surface area contributed by atoms with E-state index in [1.807, 2.05) is 12.1 Å². The van der Waals surface area contributed by atoms with Crippen LogP contribution in [0.5, 0.6) is 0 Å². The molecule has 0 bridgehead atoms. The molecule has 2 heterocycles. The number of carbonyl (C=O) groups is 2. The lowest BCUT2D eigenvalue weighted by molar-refractivity contribution is -0.350. The van der Waals surface area contributed by atoms with Crippen LogP contribution in [-0.4, -0.2) is 24.2 Å². The Morgan fingerprint density at radius 1 is 0.955 bits per heavy atom. The quantitative estimate of drug-likeness (QED) is 0.797. The maximum atomic E-state index is 14.0. The van der Waals surface area contributed by atoms with Crippen molar-refractivity contribution in [3.63, 3.8) is 0 Å². The fourth-order valence-electron chi connectivity index (χ4n) is 2.79. The second kappa shape index (κ2) is 4.49. The Hall–Kier alpha value is -3.02. The highest BCUT2D eigenvalue weighted by molar-refractivity contribution is 6.33. The number of imide groups is 1. The van der Waals surface area contributed by atoms with E-state index in [0.717, 1.165) is 10.6 Å². The minimum absolute atomic E-state index is 0.0298. The first-order chi connectivity index (χ1) is 10.7. The maximum Gasteiger partial charge on any atom is 0.337 e. The van der Waals surface area contributed by atoms with Gasteiger partial charge in [0.05, 0.1) is 5.69 Å². The second-order valence-electron chi connectivity index (χ2n) is 5.05. The van der Waals surface area contributed by atoms with Gasteiger partial charge in [0.1, 0.15) is 11.5 Å². The fraction of sp³-hybridized carbons (Fsp3) is 0.0625. The number of halogens is 1. The minimum atomic E-state index is -0.776. The van der Waals surface area contributed by atoms with Crippen LogP contribution in [0.2, 0.25) is 0 Å². The van der Waals surface area contributed by atoms with Gasteiger partial charge in [0, 0.05) is 6.07 Å². The van der Waals surface area contributed by atoms with Crippen LogP contribution >= 0.6 is 0 Å². The molecule has 1 fully saturated rings. The number of para-hydroxylation sites is 3. The van der Waals surface area contributed by atoms with E-state index in [2.05, 4.69) is 4.99 Å². The lowest BCUT2D eigenvalue weighted by Gasteiger charge is -2.20. The smallest absolute Gasteiger partial charge is 0.271 e. The Morgan fingerprint density at radius 2 is 1.64 bits per heavy atom. The molecule has 1 saturated heterocycles. The summed E-state index contributed by atoms with van der Waals surface area (Å²) in [5, 5.41) is 0. The van der Waals surface area contributed by atoms with E-state index in [-0.39, 0.29) is 5.69 Å². The molecule has 6 heteroatoms. The van der Waals surface area contributed by atoms with Gasteiger partial charge in [-0.1, -0.05) is 24.3 Å². The fourth-order valence-corrected chi connectivity index (χ4v) is 2.79. The number of anilines is 2. The molecular formula is C16H11FN3O2+. The second-order valence-corrected chi connectivity index (χ2v) is 5.05. The summed E-state index contributed by atoms with van der Waals surface area (Å²) in [5.74, 6) is -1.08. The van der Waals surface area contributed by atoms with E-state index < -0.39 is 23.8 Å². The van der Waals surface area contributed by atoms with Gasteiger partial charge < -0.3 is 0 Å². The van der Waals surface area contributed by atoms with Crippen LogP contribution in [0.25, 0.3) is 0 Å². The van der Waals surface area contributed by atoms with Crippen molar-refractivity contribution in [1.82, 2.24) is 0 Å². The molecular weight excluding hydrogens is 285 g/mol. The van der Waals surface area contributed by atoms with Gasteiger partial charge in [-0.05, 0) is 18.2 Å². The third kappa shape index (κ3) is 1.60. The number of fused-ring (bicyclic) bond motifs is 3. The minimum Gasteiger partial charge on any atom is -0.271 e. The van der Waals surface area contributed by atoms with Crippen LogP contribution in [0.3, 0.4) is 0 Å². The van der Waals surface area contributed by atoms with Gasteiger partial charge in [0.25, 0.3) is 5.91 Å². The van der Waals surface area contributed by atoms with Gasteiger partial charge in [-0.15, -0.1) is 0 Å². The van der Waals surface area contributed by atoms with Crippen LogP contribution in [0, 0.1) is 5.82 Å². The van der Waals surface area contributed by atoms with Gasteiger partial charge >= 0.3 is 6.03 Å². The van der Waals surface area contributed by atoms with Crippen molar-refractivity contribution in [3.05, 3.63) is 54.3 Å². The molecule has 108 valence electrons. The van der Waals surface area contributed by atoms with Gasteiger partial charge in [0.15, 0.2) is 12.3 Å². The van der Waals surface area contributed by atoms with Crippen molar-refractivity contribution in [2.24, 2.45) is 0 Å². The molecule has 1 N–H and O–H groups in total. The van der Waals surface area contributed by atoms with E-state index in [4.69, 9.17) is 0 Å². The number of benzene rings is 2. The molecule has 2 aliphatic rings. The highest BCUT2D eigenvalue weighted by Crippen LogP contribution is 2.33. The molecule has 1 unspecified atom stereocenters. The molecule has 1 atom stereocenters. The predicted octanol–water partition coefficient (Wildman–Crippen LogP) is 0.964. The number of amides is 3. The Balaban J connectivity index is 1.85. The van der Waals surface area contributed by atoms with Crippen LogP contribution in [0.4, 0.5) is 26.2 Å².